The molecule has 1 rings (SSSR count). The van der Waals surface area contributed by atoms with E-state index in [9.17, 15) is 9.59 Å². The lowest BCUT2D eigenvalue weighted by molar-refractivity contribution is 0.0901. The predicted octanol–water partition coefficient (Wildman–Crippen LogP) is 2.53. The number of carbonyl (C=O) groups excluding carboxylic acids is 1. The number of hydrogen-bond acceptors (Lipinski definition) is 3. The minimum Gasteiger partial charge on any atom is -0.465 e. The van der Waals surface area contributed by atoms with Gasteiger partial charge in [-0.2, -0.15) is 0 Å². The van der Waals surface area contributed by atoms with E-state index < -0.39 is 12.2 Å². The Morgan fingerprint density at radius 2 is 1.94 bits per heavy atom. The molecule has 0 spiro atoms. The topological polar surface area (TPSA) is 66.8 Å². The lowest BCUT2D eigenvalue weighted by atomic mass is 10.2. The van der Waals surface area contributed by atoms with E-state index in [0.717, 1.165) is 5.56 Å². The summed E-state index contributed by atoms with van der Waals surface area (Å²) in [5, 5.41) is 8.77. The molecule has 0 saturated carbocycles. The predicted molar refractivity (Wildman–Crippen MR) is 61.3 cm³/mol. The van der Waals surface area contributed by atoms with Crippen LogP contribution >= 0.6 is 0 Å². The van der Waals surface area contributed by atoms with E-state index in [1.807, 2.05) is 18.2 Å². The van der Waals surface area contributed by atoms with Crippen LogP contribution in [-0.2, 0) is 11.3 Å². The first kappa shape index (κ1) is 13.0. The standard InChI is InChI=1S/C12H14NO4/c1-2-8-13(11(14)15)12(16)17-9-10-6-4-3-5-7-10/h3-7H,1-2,8-9H2,(H,14,15). The molecule has 0 aliphatic carbocycles. The molecule has 0 heterocycles. The Morgan fingerprint density at radius 1 is 1.29 bits per heavy atom. The lowest BCUT2D eigenvalue weighted by Crippen LogP contribution is -2.36. The Hall–Kier alpha value is -2.04. The van der Waals surface area contributed by atoms with Crippen LogP contribution in [-0.4, -0.2) is 28.7 Å². The molecule has 1 aromatic carbocycles. The second kappa shape index (κ2) is 6.52. The van der Waals surface area contributed by atoms with Gasteiger partial charge in [-0.05, 0) is 12.0 Å². The first-order chi connectivity index (χ1) is 8.15. The van der Waals surface area contributed by atoms with Gasteiger partial charge in [0.1, 0.15) is 6.61 Å². The van der Waals surface area contributed by atoms with E-state index in [1.165, 1.54) is 0 Å². The number of amides is 2. The van der Waals surface area contributed by atoms with Crippen molar-refractivity contribution in [3.63, 3.8) is 0 Å². The molecule has 0 atom stereocenters. The molecule has 0 aliphatic rings. The van der Waals surface area contributed by atoms with Crippen LogP contribution in [0.5, 0.6) is 0 Å². The van der Waals surface area contributed by atoms with Gasteiger partial charge in [-0.3, -0.25) is 0 Å². The Balaban J connectivity index is 2.50. The summed E-state index contributed by atoms with van der Waals surface area (Å²) in [5.41, 5.74) is 0.806. The Labute approximate surface area is 99.6 Å². The normalized spacial score (nSPS) is 9.71. The third-order valence-electron chi connectivity index (χ3n) is 2.04. The highest BCUT2D eigenvalue weighted by atomic mass is 16.6. The van der Waals surface area contributed by atoms with Crippen molar-refractivity contribution in [3.05, 3.63) is 42.8 Å². The third kappa shape index (κ3) is 4.14. The lowest BCUT2D eigenvalue weighted by Gasteiger charge is -2.15. The zero-order chi connectivity index (χ0) is 12.7. The van der Waals surface area contributed by atoms with Crippen molar-refractivity contribution in [2.24, 2.45) is 0 Å². The highest BCUT2D eigenvalue weighted by Gasteiger charge is 2.20. The Bertz CT molecular complexity index is 377. The molecule has 2 amide bonds. The van der Waals surface area contributed by atoms with E-state index in [-0.39, 0.29) is 13.2 Å². The summed E-state index contributed by atoms with van der Waals surface area (Å²) >= 11 is 0. The van der Waals surface area contributed by atoms with Crippen LogP contribution in [0, 0.1) is 6.92 Å². The average molecular weight is 236 g/mol. The van der Waals surface area contributed by atoms with Crippen LogP contribution in [0.15, 0.2) is 30.3 Å². The smallest absolute Gasteiger partial charge is 0.419 e. The Kier molecular flexibility index (Phi) is 5.00. The van der Waals surface area contributed by atoms with Gasteiger partial charge in [-0.15, -0.1) is 0 Å². The number of imide groups is 1. The first-order valence-corrected chi connectivity index (χ1v) is 5.15. The highest BCUT2D eigenvalue weighted by molar-refractivity contribution is 5.86. The number of benzene rings is 1. The quantitative estimate of drug-likeness (QED) is 0.872. The molecular formula is C12H14NO4. The molecule has 1 N–H and O–H groups in total. The Morgan fingerprint density at radius 3 is 2.47 bits per heavy atom. The monoisotopic (exact) mass is 236 g/mol. The van der Waals surface area contributed by atoms with Crippen molar-refractivity contribution in [2.45, 2.75) is 13.0 Å². The summed E-state index contributed by atoms with van der Waals surface area (Å²) in [5.74, 6) is 0. The molecule has 0 aliphatic heterocycles. The van der Waals surface area contributed by atoms with Gasteiger partial charge in [-0.25, -0.2) is 14.5 Å². The van der Waals surface area contributed by atoms with Crippen molar-refractivity contribution in [1.82, 2.24) is 4.90 Å². The van der Waals surface area contributed by atoms with Gasteiger partial charge in [0, 0.05) is 6.54 Å². The fourth-order valence-corrected chi connectivity index (χ4v) is 1.22. The van der Waals surface area contributed by atoms with Gasteiger partial charge in [0.2, 0.25) is 0 Å². The summed E-state index contributed by atoms with van der Waals surface area (Å²) in [6.07, 6.45) is -1.89. The van der Waals surface area contributed by atoms with Crippen LogP contribution in [0.4, 0.5) is 9.59 Å². The molecule has 0 aromatic heterocycles. The molecule has 1 aromatic rings. The largest absolute Gasteiger partial charge is 0.465 e. The number of carbonyl (C=O) groups is 2. The van der Waals surface area contributed by atoms with E-state index in [0.29, 0.717) is 11.3 Å². The van der Waals surface area contributed by atoms with Crippen LogP contribution in [0.1, 0.15) is 12.0 Å². The van der Waals surface area contributed by atoms with Gasteiger partial charge in [0.15, 0.2) is 0 Å². The maximum atomic E-state index is 11.4. The van der Waals surface area contributed by atoms with Gasteiger partial charge < -0.3 is 9.84 Å². The van der Waals surface area contributed by atoms with E-state index >= 15 is 0 Å². The summed E-state index contributed by atoms with van der Waals surface area (Å²) in [7, 11) is 0. The molecule has 0 fully saturated rings. The van der Waals surface area contributed by atoms with Crippen LogP contribution in [0.25, 0.3) is 0 Å². The van der Waals surface area contributed by atoms with Crippen molar-refractivity contribution in [1.29, 1.82) is 0 Å². The molecule has 0 unspecified atom stereocenters. The zero-order valence-corrected chi connectivity index (χ0v) is 9.33. The van der Waals surface area contributed by atoms with Crippen LogP contribution in [0.2, 0.25) is 0 Å². The summed E-state index contributed by atoms with van der Waals surface area (Å²) < 4.78 is 4.88. The van der Waals surface area contributed by atoms with Gasteiger partial charge in [0.25, 0.3) is 0 Å². The van der Waals surface area contributed by atoms with E-state index in [2.05, 4.69) is 6.92 Å². The second-order valence-corrected chi connectivity index (χ2v) is 3.33. The molecule has 17 heavy (non-hydrogen) atoms. The fraction of sp³-hybridized carbons (Fsp3) is 0.250. The molecule has 0 saturated heterocycles. The van der Waals surface area contributed by atoms with E-state index in [4.69, 9.17) is 9.84 Å². The maximum Gasteiger partial charge on any atom is 0.419 e. The number of rotatable bonds is 4. The fourth-order valence-electron chi connectivity index (χ4n) is 1.22. The summed E-state index contributed by atoms with van der Waals surface area (Å²) in [6.45, 7) is 3.58. The highest BCUT2D eigenvalue weighted by Crippen LogP contribution is 2.04. The third-order valence-corrected chi connectivity index (χ3v) is 2.04. The molecule has 5 heteroatoms. The van der Waals surface area contributed by atoms with Crippen molar-refractivity contribution in [3.8, 4) is 0 Å². The van der Waals surface area contributed by atoms with Crippen LogP contribution < -0.4 is 0 Å². The van der Waals surface area contributed by atoms with Crippen LogP contribution in [0.3, 0.4) is 0 Å². The van der Waals surface area contributed by atoms with E-state index in [1.54, 1.807) is 12.1 Å². The summed E-state index contributed by atoms with van der Waals surface area (Å²) in [4.78, 5) is 22.8. The average Bonchev–Trinajstić information content (AvgIpc) is 2.34. The molecular weight excluding hydrogens is 222 g/mol. The van der Waals surface area contributed by atoms with Crippen molar-refractivity contribution >= 4 is 12.2 Å². The maximum absolute atomic E-state index is 11.4. The number of hydrogen-bond donors (Lipinski definition) is 1. The number of nitrogens with zero attached hydrogens (tertiary/aromatic N) is 1. The molecule has 0 bridgehead atoms. The molecule has 5 nitrogen and oxygen atoms in total. The first-order valence-electron chi connectivity index (χ1n) is 5.15. The second-order valence-electron chi connectivity index (χ2n) is 3.33. The number of carboxylic acid groups (broad SMARTS) is 1. The molecule has 1 radical (unpaired) electrons. The molecule has 91 valence electrons. The van der Waals surface area contributed by atoms with Crippen molar-refractivity contribution < 1.29 is 19.4 Å². The van der Waals surface area contributed by atoms with Gasteiger partial charge in [-0.1, -0.05) is 37.3 Å². The number of ether oxygens (including phenoxy) is 1. The SMILES string of the molecule is [CH2]CCN(C(=O)O)C(=O)OCc1ccccc1. The van der Waals surface area contributed by atoms with Crippen molar-refractivity contribution in [2.75, 3.05) is 6.54 Å². The summed E-state index contributed by atoms with van der Waals surface area (Å²) in [6, 6.07) is 9.05. The zero-order valence-electron chi connectivity index (χ0n) is 9.33. The minimum atomic E-state index is -1.33. The van der Waals surface area contributed by atoms with Gasteiger partial charge >= 0.3 is 12.2 Å². The minimum absolute atomic E-state index is 0.0307. The van der Waals surface area contributed by atoms with Gasteiger partial charge in [0.05, 0.1) is 0 Å².